The van der Waals surface area contributed by atoms with Gasteiger partial charge in [-0.1, -0.05) is 30.3 Å². The van der Waals surface area contributed by atoms with Crippen LogP contribution in [-0.2, 0) is 24.7 Å². The first-order chi connectivity index (χ1) is 13.7. The quantitative estimate of drug-likeness (QED) is 0.638. The van der Waals surface area contributed by atoms with Gasteiger partial charge in [-0.2, -0.15) is 4.31 Å². The van der Waals surface area contributed by atoms with Crippen molar-refractivity contribution in [2.24, 2.45) is 5.73 Å². The number of rotatable bonds is 8. The Morgan fingerprint density at radius 1 is 0.897 bits per heavy atom. The van der Waals surface area contributed by atoms with Crippen LogP contribution >= 0.6 is 0 Å². The van der Waals surface area contributed by atoms with Gasteiger partial charge in [0.25, 0.3) is 0 Å². The summed E-state index contributed by atoms with van der Waals surface area (Å²) in [5.74, 6) is -0.961. The first-order valence-corrected chi connectivity index (χ1v) is 12.6. The van der Waals surface area contributed by atoms with E-state index in [0.29, 0.717) is 32.7 Å². The van der Waals surface area contributed by atoms with Gasteiger partial charge in [0.05, 0.1) is 16.4 Å². The van der Waals surface area contributed by atoms with Crippen LogP contribution in [0.5, 0.6) is 0 Å². The number of carbonyl (C=O) groups excluding carboxylic acids is 1. The fraction of sp³-hybridized carbons (Fsp3) is 0.421. The molecule has 1 fully saturated rings. The highest BCUT2D eigenvalue weighted by Crippen LogP contribution is 2.22. The van der Waals surface area contributed by atoms with Crippen molar-refractivity contribution in [2.45, 2.75) is 11.3 Å². The van der Waals surface area contributed by atoms with Crippen LogP contribution in [0.25, 0.3) is 10.8 Å². The average Bonchev–Trinajstić information content (AvgIpc) is 2.71. The molecule has 3 rings (SSSR count). The van der Waals surface area contributed by atoms with Crippen LogP contribution in [-0.4, -0.2) is 76.2 Å². The average molecular weight is 440 g/mol. The molecule has 0 bridgehead atoms. The highest BCUT2D eigenvalue weighted by molar-refractivity contribution is 7.91. The van der Waals surface area contributed by atoms with Gasteiger partial charge in [0.15, 0.2) is 9.84 Å². The maximum absolute atomic E-state index is 13.0. The standard InChI is InChI=1S/C19H25N3O5S2/c20-19(23)7-13-28(24,25)14-12-21-8-10-22(11-9-21)29(26,27)18-6-5-16-3-1-2-4-17(16)15-18/h1-6,15H,7-14H2,(H2,20,23). The Labute approximate surface area is 171 Å². The van der Waals surface area contributed by atoms with E-state index in [0.717, 1.165) is 10.8 Å². The number of fused-ring (bicyclic) bond motifs is 1. The van der Waals surface area contributed by atoms with Gasteiger partial charge in [0.2, 0.25) is 15.9 Å². The molecule has 29 heavy (non-hydrogen) atoms. The fourth-order valence-corrected chi connectivity index (χ4v) is 6.01. The number of hydrogen-bond donors (Lipinski definition) is 1. The van der Waals surface area contributed by atoms with E-state index in [1.807, 2.05) is 29.2 Å². The van der Waals surface area contributed by atoms with Gasteiger partial charge in [0, 0.05) is 39.1 Å². The highest BCUT2D eigenvalue weighted by atomic mass is 32.2. The third-order valence-electron chi connectivity index (χ3n) is 5.07. The topological polar surface area (TPSA) is 118 Å². The molecule has 0 aliphatic carbocycles. The van der Waals surface area contributed by atoms with E-state index in [2.05, 4.69) is 0 Å². The molecule has 0 aromatic heterocycles. The Kier molecular flexibility index (Phi) is 6.57. The maximum Gasteiger partial charge on any atom is 0.243 e. The summed E-state index contributed by atoms with van der Waals surface area (Å²) in [6.07, 6.45) is -0.180. The smallest absolute Gasteiger partial charge is 0.243 e. The summed E-state index contributed by atoms with van der Waals surface area (Å²) in [5.41, 5.74) is 5.00. The van der Waals surface area contributed by atoms with Crippen molar-refractivity contribution >= 4 is 36.5 Å². The van der Waals surface area contributed by atoms with Gasteiger partial charge < -0.3 is 5.73 Å². The first kappa shape index (κ1) is 21.7. The van der Waals surface area contributed by atoms with Crippen molar-refractivity contribution in [3.05, 3.63) is 42.5 Å². The molecule has 10 heteroatoms. The third kappa shape index (κ3) is 5.53. The minimum atomic E-state index is -3.60. The third-order valence-corrected chi connectivity index (χ3v) is 8.59. The molecule has 2 N–H and O–H groups in total. The summed E-state index contributed by atoms with van der Waals surface area (Å²) in [6, 6.07) is 12.7. The number of hydrogen-bond acceptors (Lipinski definition) is 6. The first-order valence-electron chi connectivity index (χ1n) is 9.37. The summed E-state index contributed by atoms with van der Waals surface area (Å²) in [7, 11) is -6.96. The van der Waals surface area contributed by atoms with E-state index in [1.165, 1.54) is 4.31 Å². The second-order valence-electron chi connectivity index (χ2n) is 7.12. The summed E-state index contributed by atoms with van der Waals surface area (Å²) < 4.78 is 51.3. The van der Waals surface area contributed by atoms with E-state index >= 15 is 0 Å². The van der Waals surface area contributed by atoms with Gasteiger partial charge in [-0.05, 0) is 22.9 Å². The fourth-order valence-electron chi connectivity index (χ4n) is 3.30. The van der Waals surface area contributed by atoms with Crippen LogP contribution in [0.1, 0.15) is 6.42 Å². The van der Waals surface area contributed by atoms with Gasteiger partial charge in [0.1, 0.15) is 0 Å². The number of nitrogens with two attached hydrogens (primary N) is 1. The van der Waals surface area contributed by atoms with Gasteiger partial charge >= 0.3 is 0 Å². The lowest BCUT2D eigenvalue weighted by Crippen LogP contribution is -2.49. The SMILES string of the molecule is NC(=O)CCS(=O)(=O)CCN1CCN(S(=O)(=O)c2ccc3ccccc3c2)CC1. The summed E-state index contributed by atoms with van der Waals surface area (Å²) in [4.78, 5) is 12.9. The monoisotopic (exact) mass is 439 g/mol. The molecule has 0 spiro atoms. The molecule has 2 aromatic carbocycles. The number of nitrogens with zero attached hydrogens (tertiary/aromatic N) is 2. The van der Waals surface area contributed by atoms with E-state index in [4.69, 9.17) is 5.73 Å². The largest absolute Gasteiger partial charge is 0.370 e. The van der Waals surface area contributed by atoms with E-state index in [-0.39, 0.29) is 22.8 Å². The van der Waals surface area contributed by atoms with Crippen molar-refractivity contribution in [1.29, 1.82) is 0 Å². The van der Waals surface area contributed by atoms with Crippen molar-refractivity contribution in [2.75, 3.05) is 44.2 Å². The number of piperazine rings is 1. The Hall–Kier alpha value is -2.01. The molecule has 1 heterocycles. The Morgan fingerprint density at radius 3 is 2.21 bits per heavy atom. The zero-order chi connectivity index (χ0) is 21.1. The summed E-state index contributed by atoms with van der Waals surface area (Å²) in [5, 5.41) is 1.85. The van der Waals surface area contributed by atoms with E-state index in [1.54, 1.807) is 18.2 Å². The van der Waals surface area contributed by atoms with Crippen LogP contribution in [0, 0.1) is 0 Å². The normalized spacial score (nSPS) is 16.8. The Bertz CT molecular complexity index is 1090. The predicted molar refractivity (Wildman–Crippen MR) is 112 cm³/mol. The van der Waals surface area contributed by atoms with Crippen LogP contribution in [0.4, 0.5) is 0 Å². The molecule has 2 aromatic rings. The highest BCUT2D eigenvalue weighted by Gasteiger charge is 2.29. The molecule has 1 saturated heterocycles. The molecule has 1 aliphatic rings. The number of amides is 1. The number of carbonyl (C=O) groups is 1. The van der Waals surface area contributed by atoms with E-state index < -0.39 is 25.8 Å². The molecule has 0 saturated carbocycles. The predicted octanol–water partition coefficient (Wildman–Crippen LogP) is 0.436. The van der Waals surface area contributed by atoms with Crippen molar-refractivity contribution in [1.82, 2.24) is 9.21 Å². The zero-order valence-corrected chi connectivity index (χ0v) is 17.7. The summed E-state index contributed by atoms with van der Waals surface area (Å²) >= 11 is 0. The minimum absolute atomic E-state index is 0.0717. The van der Waals surface area contributed by atoms with Gasteiger partial charge in [-0.3, -0.25) is 9.69 Å². The number of benzene rings is 2. The molecule has 1 amide bonds. The molecular formula is C19H25N3O5S2. The van der Waals surface area contributed by atoms with Crippen LogP contribution < -0.4 is 5.73 Å². The van der Waals surface area contributed by atoms with Crippen LogP contribution in [0.3, 0.4) is 0 Å². The number of primary amides is 1. The molecule has 0 atom stereocenters. The second-order valence-corrected chi connectivity index (χ2v) is 11.4. The lowest BCUT2D eigenvalue weighted by molar-refractivity contribution is -0.117. The molecule has 1 aliphatic heterocycles. The number of sulfone groups is 1. The van der Waals surface area contributed by atoms with Crippen LogP contribution in [0.15, 0.2) is 47.4 Å². The molecule has 0 radical (unpaired) electrons. The van der Waals surface area contributed by atoms with Gasteiger partial charge in [-0.15, -0.1) is 0 Å². The number of sulfonamides is 1. The minimum Gasteiger partial charge on any atom is -0.370 e. The summed E-state index contributed by atoms with van der Waals surface area (Å²) in [6.45, 7) is 1.83. The maximum atomic E-state index is 13.0. The van der Waals surface area contributed by atoms with Crippen LogP contribution in [0.2, 0.25) is 0 Å². The van der Waals surface area contributed by atoms with Crippen molar-refractivity contribution in [3.63, 3.8) is 0 Å². The Balaban J connectivity index is 1.58. The van der Waals surface area contributed by atoms with Gasteiger partial charge in [-0.25, -0.2) is 16.8 Å². The van der Waals surface area contributed by atoms with E-state index in [9.17, 15) is 21.6 Å². The Morgan fingerprint density at radius 2 is 1.55 bits per heavy atom. The second kappa shape index (κ2) is 8.78. The van der Waals surface area contributed by atoms with Crippen molar-refractivity contribution < 1.29 is 21.6 Å². The molecular weight excluding hydrogens is 414 g/mol. The zero-order valence-electron chi connectivity index (χ0n) is 16.0. The molecule has 158 valence electrons. The molecule has 8 nitrogen and oxygen atoms in total. The molecule has 0 unspecified atom stereocenters. The lowest BCUT2D eigenvalue weighted by atomic mass is 10.1. The van der Waals surface area contributed by atoms with Crippen molar-refractivity contribution in [3.8, 4) is 0 Å². The lowest BCUT2D eigenvalue weighted by Gasteiger charge is -2.33.